The van der Waals surface area contributed by atoms with Gasteiger partial charge in [-0.05, 0) is 6.07 Å². The van der Waals surface area contributed by atoms with Gasteiger partial charge < -0.3 is 10.1 Å². The summed E-state index contributed by atoms with van der Waals surface area (Å²) in [6, 6.07) is 4.00. The van der Waals surface area contributed by atoms with E-state index in [1.54, 1.807) is 6.07 Å². The quantitative estimate of drug-likeness (QED) is 0.630. The zero-order chi connectivity index (χ0) is 13.0. The van der Waals surface area contributed by atoms with Crippen LogP contribution in [0, 0.1) is 21.4 Å². The number of carbonyl (C=O) groups excluding carboxylic acids is 1. The van der Waals surface area contributed by atoms with Crippen LogP contribution in [0.4, 0.5) is 11.4 Å². The lowest BCUT2D eigenvalue weighted by Crippen LogP contribution is -2.08. The molecule has 0 radical (unpaired) electrons. The molecule has 7 nitrogen and oxygen atoms in total. The number of ether oxygens (including phenoxy) is 1. The molecule has 7 heteroatoms. The number of nitrogens with one attached hydrogen (secondary N) is 1. The van der Waals surface area contributed by atoms with Crippen LogP contribution in [0.5, 0.6) is 5.75 Å². The number of nitro groups is 1. The van der Waals surface area contributed by atoms with Crippen LogP contribution < -0.4 is 10.1 Å². The molecule has 0 saturated carbocycles. The van der Waals surface area contributed by atoms with Gasteiger partial charge in [0.15, 0.2) is 0 Å². The fourth-order valence-corrected chi connectivity index (χ4v) is 1.27. The monoisotopic (exact) mass is 235 g/mol. The predicted molar refractivity (Wildman–Crippen MR) is 58.7 cm³/mol. The Morgan fingerprint density at radius 2 is 2.24 bits per heavy atom. The molecule has 17 heavy (non-hydrogen) atoms. The summed E-state index contributed by atoms with van der Waals surface area (Å²) < 4.78 is 4.91. The van der Waals surface area contributed by atoms with Crippen molar-refractivity contribution in [3.05, 3.63) is 27.8 Å². The molecule has 0 fully saturated rings. The van der Waals surface area contributed by atoms with Crippen molar-refractivity contribution in [1.29, 1.82) is 5.26 Å². The molecule has 88 valence electrons. The zero-order valence-corrected chi connectivity index (χ0v) is 9.18. The number of rotatable bonds is 3. The van der Waals surface area contributed by atoms with Crippen LogP contribution in [-0.2, 0) is 4.79 Å². The number of nitriles is 1. The van der Waals surface area contributed by atoms with E-state index in [-0.39, 0.29) is 28.6 Å². The highest BCUT2D eigenvalue weighted by Gasteiger charge is 2.19. The van der Waals surface area contributed by atoms with Crippen molar-refractivity contribution in [1.82, 2.24) is 0 Å². The van der Waals surface area contributed by atoms with Gasteiger partial charge in [0.2, 0.25) is 5.91 Å². The molecule has 0 spiro atoms. The lowest BCUT2D eigenvalue weighted by Gasteiger charge is -2.09. The Kier molecular flexibility index (Phi) is 3.62. The minimum absolute atomic E-state index is 0.130. The van der Waals surface area contributed by atoms with Crippen molar-refractivity contribution in [3.63, 3.8) is 0 Å². The van der Waals surface area contributed by atoms with E-state index in [0.717, 1.165) is 6.07 Å². The van der Waals surface area contributed by atoms with Gasteiger partial charge in [0.25, 0.3) is 5.69 Å². The number of benzene rings is 1. The van der Waals surface area contributed by atoms with Gasteiger partial charge in [-0.2, -0.15) is 5.26 Å². The van der Waals surface area contributed by atoms with Crippen LogP contribution in [0.1, 0.15) is 12.5 Å². The van der Waals surface area contributed by atoms with E-state index in [0.29, 0.717) is 0 Å². The number of anilines is 1. The lowest BCUT2D eigenvalue weighted by molar-refractivity contribution is -0.385. The molecule has 1 rings (SSSR count). The summed E-state index contributed by atoms with van der Waals surface area (Å²) >= 11 is 0. The Balaban J connectivity index is 3.39. The molecule has 1 N–H and O–H groups in total. The summed E-state index contributed by atoms with van der Waals surface area (Å²) in [5, 5.41) is 21.9. The summed E-state index contributed by atoms with van der Waals surface area (Å²) in [7, 11) is 1.32. The summed E-state index contributed by atoms with van der Waals surface area (Å²) in [6.45, 7) is 1.28. The first-order valence-corrected chi connectivity index (χ1v) is 4.53. The van der Waals surface area contributed by atoms with Crippen LogP contribution in [0.3, 0.4) is 0 Å². The van der Waals surface area contributed by atoms with Crippen molar-refractivity contribution in [3.8, 4) is 11.8 Å². The van der Waals surface area contributed by atoms with E-state index in [1.165, 1.54) is 20.1 Å². The second kappa shape index (κ2) is 4.94. The van der Waals surface area contributed by atoms with Crippen molar-refractivity contribution in [2.24, 2.45) is 0 Å². The standard InChI is InChI=1S/C10H9N3O4/c1-6(14)12-8-3-7(5-11)9(13(15)16)4-10(8)17-2/h3-4H,1-2H3,(H,12,14). The first kappa shape index (κ1) is 12.4. The summed E-state index contributed by atoms with van der Waals surface area (Å²) in [6.07, 6.45) is 0. The van der Waals surface area contributed by atoms with Gasteiger partial charge >= 0.3 is 0 Å². The average molecular weight is 235 g/mol. The van der Waals surface area contributed by atoms with Crippen LogP contribution in [-0.4, -0.2) is 17.9 Å². The fraction of sp³-hybridized carbons (Fsp3) is 0.200. The molecule has 0 heterocycles. The molecule has 0 aliphatic carbocycles. The van der Waals surface area contributed by atoms with E-state index in [1.807, 2.05) is 0 Å². The first-order valence-electron chi connectivity index (χ1n) is 4.53. The summed E-state index contributed by atoms with van der Waals surface area (Å²) in [5.41, 5.74) is -0.278. The molecule has 0 bridgehead atoms. The molecule has 0 aromatic heterocycles. The number of hydrogen-bond acceptors (Lipinski definition) is 5. The smallest absolute Gasteiger partial charge is 0.290 e. The van der Waals surface area contributed by atoms with Gasteiger partial charge in [-0.1, -0.05) is 0 Å². The number of carbonyl (C=O) groups is 1. The third kappa shape index (κ3) is 2.69. The van der Waals surface area contributed by atoms with Gasteiger partial charge in [0.1, 0.15) is 17.4 Å². The van der Waals surface area contributed by atoms with Gasteiger partial charge in [-0.15, -0.1) is 0 Å². The Hall–Kier alpha value is -2.62. The maximum absolute atomic E-state index is 10.9. The number of methoxy groups -OCH3 is 1. The third-order valence-electron chi connectivity index (χ3n) is 1.95. The van der Waals surface area contributed by atoms with Gasteiger partial charge in [-0.3, -0.25) is 14.9 Å². The van der Waals surface area contributed by atoms with E-state index >= 15 is 0 Å². The largest absolute Gasteiger partial charge is 0.494 e. The average Bonchev–Trinajstić information content (AvgIpc) is 2.27. The molecule has 1 aromatic rings. The number of hydrogen-bond donors (Lipinski definition) is 1. The molecule has 0 atom stereocenters. The van der Waals surface area contributed by atoms with E-state index < -0.39 is 4.92 Å². The van der Waals surface area contributed by atoms with E-state index in [4.69, 9.17) is 10.00 Å². The first-order chi connectivity index (χ1) is 7.99. The molecular formula is C10H9N3O4. The number of nitro benzene ring substituents is 1. The minimum Gasteiger partial charge on any atom is -0.494 e. The molecule has 1 aromatic carbocycles. The fourth-order valence-electron chi connectivity index (χ4n) is 1.27. The van der Waals surface area contributed by atoms with Crippen LogP contribution in [0.25, 0.3) is 0 Å². The van der Waals surface area contributed by atoms with E-state index in [9.17, 15) is 14.9 Å². The molecule has 1 amide bonds. The topological polar surface area (TPSA) is 105 Å². The highest BCUT2D eigenvalue weighted by Crippen LogP contribution is 2.32. The second-order valence-electron chi connectivity index (χ2n) is 3.12. The van der Waals surface area contributed by atoms with Crippen molar-refractivity contribution >= 4 is 17.3 Å². The Morgan fingerprint density at radius 3 is 2.65 bits per heavy atom. The van der Waals surface area contributed by atoms with Crippen molar-refractivity contribution < 1.29 is 14.5 Å². The maximum atomic E-state index is 10.9. The molecule has 0 aliphatic heterocycles. The Bertz CT molecular complexity index is 519. The van der Waals surface area contributed by atoms with Gasteiger partial charge in [0, 0.05) is 6.92 Å². The maximum Gasteiger partial charge on any atom is 0.290 e. The van der Waals surface area contributed by atoms with Crippen molar-refractivity contribution in [2.45, 2.75) is 6.92 Å². The van der Waals surface area contributed by atoms with Crippen LogP contribution in [0.2, 0.25) is 0 Å². The highest BCUT2D eigenvalue weighted by atomic mass is 16.6. The third-order valence-corrected chi connectivity index (χ3v) is 1.95. The van der Waals surface area contributed by atoms with E-state index in [2.05, 4.69) is 5.32 Å². The lowest BCUT2D eigenvalue weighted by atomic mass is 10.1. The Labute approximate surface area is 96.8 Å². The number of amides is 1. The second-order valence-corrected chi connectivity index (χ2v) is 3.12. The molecular weight excluding hydrogens is 226 g/mol. The normalized spacial score (nSPS) is 9.24. The minimum atomic E-state index is -0.682. The van der Waals surface area contributed by atoms with Gasteiger partial charge in [0.05, 0.1) is 23.8 Å². The molecule has 0 aliphatic rings. The summed E-state index contributed by atoms with van der Waals surface area (Å²) in [5.74, 6) is -0.230. The van der Waals surface area contributed by atoms with Gasteiger partial charge in [-0.25, -0.2) is 0 Å². The number of nitrogens with zero attached hydrogens (tertiary/aromatic N) is 2. The highest BCUT2D eigenvalue weighted by molar-refractivity contribution is 5.91. The van der Waals surface area contributed by atoms with Crippen LogP contribution in [0.15, 0.2) is 12.1 Å². The van der Waals surface area contributed by atoms with Crippen LogP contribution >= 0.6 is 0 Å². The predicted octanol–water partition coefficient (Wildman–Crippen LogP) is 1.43. The SMILES string of the molecule is COc1cc([N+](=O)[O-])c(C#N)cc1NC(C)=O. The van der Waals surface area contributed by atoms with Crippen molar-refractivity contribution in [2.75, 3.05) is 12.4 Å². The Morgan fingerprint density at radius 1 is 1.59 bits per heavy atom. The summed E-state index contributed by atoms with van der Waals surface area (Å²) in [4.78, 5) is 20.9. The zero-order valence-electron chi connectivity index (χ0n) is 9.18. The molecule has 0 unspecified atom stereocenters. The molecule has 0 saturated heterocycles.